The maximum atomic E-state index is 13.2. The first-order valence-electron chi connectivity index (χ1n) is 7.82. The fraction of sp³-hybridized carbons (Fsp3) is 0.222. The first-order valence-corrected chi connectivity index (χ1v) is 8.58. The Hall–Kier alpha value is -2.24. The SMILES string of the molecule is O=C1N[C@]2(CCOc3ccccc32)C(=O)N1Cc1c(Cl)cccc1Cl. The second kappa shape index (κ2) is 5.93. The summed E-state index contributed by atoms with van der Waals surface area (Å²) in [6, 6.07) is 11.9. The lowest BCUT2D eigenvalue weighted by molar-refractivity contribution is -0.133. The average Bonchev–Trinajstić information content (AvgIpc) is 2.83. The van der Waals surface area contributed by atoms with Crippen LogP contribution in [0.25, 0.3) is 0 Å². The number of para-hydroxylation sites is 1. The molecule has 1 saturated heterocycles. The summed E-state index contributed by atoms with van der Waals surface area (Å²) in [5.41, 5.74) is 0.124. The van der Waals surface area contributed by atoms with Crippen molar-refractivity contribution in [2.45, 2.75) is 18.5 Å². The van der Waals surface area contributed by atoms with E-state index in [0.29, 0.717) is 39.9 Å². The minimum Gasteiger partial charge on any atom is -0.493 e. The molecular weight excluding hydrogens is 363 g/mol. The number of urea groups is 1. The van der Waals surface area contributed by atoms with Crippen LogP contribution in [-0.2, 0) is 16.9 Å². The van der Waals surface area contributed by atoms with Crippen LogP contribution in [0.3, 0.4) is 0 Å². The van der Waals surface area contributed by atoms with E-state index in [1.807, 2.05) is 12.1 Å². The zero-order valence-electron chi connectivity index (χ0n) is 13.1. The van der Waals surface area contributed by atoms with Gasteiger partial charge in [-0.05, 0) is 18.2 Å². The van der Waals surface area contributed by atoms with E-state index in [0.717, 1.165) is 4.90 Å². The summed E-state index contributed by atoms with van der Waals surface area (Å²) in [5, 5.41) is 3.69. The Bertz CT molecular complexity index is 866. The van der Waals surface area contributed by atoms with Crippen molar-refractivity contribution in [3.8, 4) is 5.75 Å². The summed E-state index contributed by atoms with van der Waals surface area (Å²) >= 11 is 12.4. The predicted molar refractivity (Wildman–Crippen MR) is 93.8 cm³/mol. The monoisotopic (exact) mass is 376 g/mol. The zero-order valence-corrected chi connectivity index (χ0v) is 14.6. The lowest BCUT2D eigenvalue weighted by Gasteiger charge is -2.33. The fourth-order valence-electron chi connectivity index (χ4n) is 3.36. The van der Waals surface area contributed by atoms with Crippen LogP contribution in [0.4, 0.5) is 4.79 Å². The number of nitrogens with one attached hydrogen (secondary N) is 1. The van der Waals surface area contributed by atoms with Crippen molar-refractivity contribution < 1.29 is 14.3 Å². The van der Waals surface area contributed by atoms with E-state index >= 15 is 0 Å². The molecule has 1 atom stereocenters. The highest BCUT2D eigenvalue weighted by molar-refractivity contribution is 6.36. The van der Waals surface area contributed by atoms with E-state index in [2.05, 4.69) is 5.32 Å². The van der Waals surface area contributed by atoms with Crippen molar-refractivity contribution in [3.05, 3.63) is 63.6 Å². The van der Waals surface area contributed by atoms with Crippen molar-refractivity contribution in [2.24, 2.45) is 0 Å². The molecule has 25 heavy (non-hydrogen) atoms. The van der Waals surface area contributed by atoms with Gasteiger partial charge in [-0.2, -0.15) is 0 Å². The molecule has 0 unspecified atom stereocenters. The minimum atomic E-state index is -1.10. The summed E-state index contributed by atoms with van der Waals surface area (Å²) in [7, 11) is 0. The third-order valence-corrected chi connectivity index (χ3v) is 5.34. The Morgan fingerprint density at radius 3 is 2.56 bits per heavy atom. The molecule has 0 bridgehead atoms. The highest BCUT2D eigenvalue weighted by Crippen LogP contribution is 2.41. The molecule has 0 aromatic heterocycles. The topological polar surface area (TPSA) is 58.6 Å². The fourth-order valence-corrected chi connectivity index (χ4v) is 3.87. The number of hydrogen-bond acceptors (Lipinski definition) is 3. The largest absolute Gasteiger partial charge is 0.493 e. The van der Waals surface area contributed by atoms with Gasteiger partial charge in [-0.3, -0.25) is 9.69 Å². The van der Waals surface area contributed by atoms with E-state index in [4.69, 9.17) is 27.9 Å². The maximum absolute atomic E-state index is 13.2. The summed E-state index contributed by atoms with van der Waals surface area (Å²) in [6.45, 7) is 0.373. The van der Waals surface area contributed by atoms with Gasteiger partial charge in [0.15, 0.2) is 5.54 Å². The van der Waals surface area contributed by atoms with Gasteiger partial charge in [0.05, 0.1) is 13.2 Å². The lowest BCUT2D eigenvalue weighted by Crippen LogP contribution is -2.47. The summed E-state index contributed by atoms with van der Waals surface area (Å²) in [5.74, 6) is 0.296. The highest BCUT2D eigenvalue weighted by Gasteiger charge is 2.54. The van der Waals surface area contributed by atoms with E-state index in [1.165, 1.54) is 0 Å². The van der Waals surface area contributed by atoms with E-state index in [-0.39, 0.29) is 12.5 Å². The summed E-state index contributed by atoms with van der Waals surface area (Å²) < 4.78 is 5.62. The van der Waals surface area contributed by atoms with Crippen molar-refractivity contribution in [3.63, 3.8) is 0 Å². The van der Waals surface area contributed by atoms with Crippen LogP contribution in [0.15, 0.2) is 42.5 Å². The summed E-state index contributed by atoms with van der Waals surface area (Å²) in [6.07, 6.45) is 0.376. The smallest absolute Gasteiger partial charge is 0.325 e. The van der Waals surface area contributed by atoms with Gasteiger partial charge in [0, 0.05) is 27.6 Å². The molecule has 0 aliphatic carbocycles. The number of carbonyl (C=O) groups excluding carboxylic acids is 2. The number of rotatable bonds is 2. The Morgan fingerprint density at radius 1 is 1.08 bits per heavy atom. The second-order valence-electron chi connectivity index (χ2n) is 6.02. The molecule has 1 N–H and O–H groups in total. The second-order valence-corrected chi connectivity index (χ2v) is 6.84. The zero-order chi connectivity index (χ0) is 17.6. The Labute approximate surface area is 154 Å². The van der Waals surface area contributed by atoms with Gasteiger partial charge in [0.2, 0.25) is 0 Å². The van der Waals surface area contributed by atoms with Crippen molar-refractivity contribution in [2.75, 3.05) is 6.61 Å². The number of halogens is 2. The minimum absolute atomic E-state index is 0.0218. The normalized spacial score (nSPS) is 21.9. The number of fused-ring (bicyclic) bond motifs is 2. The van der Waals surface area contributed by atoms with Gasteiger partial charge in [0.25, 0.3) is 5.91 Å². The third-order valence-electron chi connectivity index (χ3n) is 4.64. The molecule has 7 heteroatoms. The molecule has 1 fully saturated rings. The number of benzene rings is 2. The molecule has 0 radical (unpaired) electrons. The van der Waals surface area contributed by atoms with Gasteiger partial charge >= 0.3 is 6.03 Å². The first kappa shape index (κ1) is 16.2. The molecule has 128 valence electrons. The standard InChI is InChI=1S/C18H14Cl2N2O3/c19-13-5-3-6-14(20)11(13)10-22-16(23)18(21-17(22)24)8-9-25-15-7-2-1-4-12(15)18/h1-7H,8-10H2,(H,21,24)/t18-/m0/s1. The van der Waals surface area contributed by atoms with Crippen molar-refractivity contribution in [1.29, 1.82) is 0 Å². The van der Waals surface area contributed by atoms with Gasteiger partial charge in [0.1, 0.15) is 5.75 Å². The summed E-state index contributed by atoms with van der Waals surface area (Å²) in [4.78, 5) is 26.9. The van der Waals surface area contributed by atoms with Crippen LogP contribution in [0.2, 0.25) is 10.0 Å². The quantitative estimate of drug-likeness (QED) is 0.812. The van der Waals surface area contributed by atoms with E-state index < -0.39 is 11.6 Å². The molecule has 5 nitrogen and oxygen atoms in total. The van der Waals surface area contributed by atoms with Crippen LogP contribution >= 0.6 is 23.2 Å². The molecule has 2 aromatic rings. The Balaban J connectivity index is 1.73. The molecule has 3 amide bonds. The van der Waals surface area contributed by atoms with Crippen LogP contribution in [-0.4, -0.2) is 23.4 Å². The number of carbonyl (C=O) groups is 2. The van der Waals surface area contributed by atoms with Crippen LogP contribution < -0.4 is 10.1 Å². The van der Waals surface area contributed by atoms with Gasteiger partial charge < -0.3 is 10.1 Å². The molecule has 1 spiro atoms. The maximum Gasteiger partial charge on any atom is 0.325 e. The predicted octanol–water partition coefficient (Wildman–Crippen LogP) is 3.72. The highest BCUT2D eigenvalue weighted by atomic mass is 35.5. The number of amides is 3. The number of imide groups is 1. The molecule has 4 rings (SSSR count). The van der Waals surface area contributed by atoms with Crippen LogP contribution in [0.5, 0.6) is 5.75 Å². The van der Waals surface area contributed by atoms with Gasteiger partial charge in [-0.1, -0.05) is 47.5 Å². The lowest BCUT2D eigenvalue weighted by atomic mass is 9.84. The third kappa shape index (κ3) is 2.46. The van der Waals surface area contributed by atoms with Crippen molar-refractivity contribution >= 4 is 35.1 Å². The van der Waals surface area contributed by atoms with E-state index in [9.17, 15) is 9.59 Å². The van der Waals surface area contributed by atoms with Gasteiger partial charge in [-0.25, -0.2) is 4.79 Å². The van der Waals surface area contributed by atoms with Gasteiger partial charge in [-0.15, -0.1) is 0 Å². The number of hydrogen-bond donors (Lipinski definition) is 1. The van der Waals surface area contributed by atoms with Crippen LogP contribution in [0.1, 0.15) is 17.5 Å². The Morgan fingerprint density at radius 2 is 1.80 bits per heavy atom. The molecule has 2 aliphatic rings. The first-order chi connectivity index (χ1) is 12.0. The van der Waals surface area contributed by atoms with Crippen molar-refractivity contribution in [1.82, 2.24) is 10.2 Å². The molecule has 2 aromatic carbocycles. The number of nitrogens with zero attached hydrogens (tertiary/aromatic N) is 1. The average molecular weight is 377 g/mol. The molecule has 0 saturated carbocycles. The Kier molecular flexibility index (Phi) is 3.85. The van der Waals surface area contributed by atoms with E-state index in [1.54, 1.807) is 30.3 Å². The van der Waals surface area contributed by atoms with Crippen LogP contribution in [0, 0.1) is 0 Å². The number of ether oxygens (including phenoxy) is 1. The molecular formula is C18H14Cl2N2O3. The molecule has 2 heterocycles. The molecule has 2 aliphatic heterocycles.